The van der Waals surface area contributed by atoms with E-state index in [4.69, 9.17) is 23.7 Å². The SMILES string of the molecule is CCCC1CCC(C2CCC(CC)CC2)CC1.CCCC1CCC(C2CCC(COc3ccc(OCC)c(F)c3F)CC2)CC1.CCCC1CCC(COc2ccc(OCC)c(F)c2F)CC1.CCCCOc1ccc(-c2ccc(C3CCC(CCC)CC3)cc2)c(F)c1F. The van der Waals surface area contributed by atoms with Gasteiger partial charge >= 0.3 is 0 Å². The quantitative estimate of drug-likeness (QED) is 0.0440. The fourth-order valence-corrected chi connectivity index (χ4v) is 17.2. The highest BCUT2D eigenvalue weighted by molar-refractivity contribution is 5.65. The van der Waals surface area contributed by atoms with Gasteiger partial charge in [-0.2, -0.15) is 22.0 Å². The Morgan fingerprint density at radius 3 is 0.958 bits per heavy atom. The zero-order chi connectivity index (χ0) is 67.9. The molecule has 10 rings (SSSR count). The van der Waals surface area contributed by atoms with E-state index < -0.39 is 34.9 Å². The first-order valence-corrected chi connectivity index (χ1v) is 38.9. The van der Waals surface area contributed by atoms with Crippen molar-refractivity contribution in [2.24, 2.45) is 65.1 Å². The molecule has 0 spiro atoms. The molecule has 6 saturated carbocycles. The lowest BCUT2D eigenvalue weighted by molar-refractivity contribution is 0.120. The predicted octanol–water partition coefficient (Wildman–Crippen LogP) is 26.2. The number of halogens is 6. The van der Waals surface area contributed by atoms with Gasteiger partial charge in [0.2, 0.25) is 29.1 Å². The summed E-state index contributed by atoms with van der Waals surface area (Å²) in [4.78, 5) is 0. The molecule has 6 aliphatic rings. The Bertz CT molecular complexity index is 2720. The number of unbranched alkanes of at least 4 members (excludes halogenated alkanes) is 1. The molecule has 11 heteroatoms. The molecule has 0 bridgehead atoms. The maximum absolute atomic E-state index is 14.6. The largest absolute Gasteiger partial charge is 0.491 e. The van der Waals surface area contributed by atoms with Crippen LogP contribution in [0.1, 0.15) is 292 Å². The molecular weight excluding hydrogens is 1200 g/mol. The molecular formula is C84H126F6O5. The Hall–Kier alpha value is -4.54. The normalized spacial score (nSPS) is 26.1. The molecule has 0 aromatic heterocycles. The summed E-state index contributed by atoms with van der Waals surface area (Å²) in [6.07, 6.45) is 46.6. The highest BCUT2D eigenvalue weighted by Gasteiger charge is 2.33. The van der Waals surface area contributed by atoms with Crippen molar-refractivity contribution >= 4 is 0 Å². The van der Waals surface area contributed by atoms with Crippen LogP contribution in [0, 0.1) is 100 Å². The van der Waals surface area contributed by atoms with E-state index in [1.54, 1.807) is 58.4 Å². The van der Waals surface area contributed by atoms with E-state index in [9.17, 15) is 26.3 Å². The molecule has 5 nitrogen and oxygen atoms in total. The van der Waals surface area contributed by atoms with Crippen LogP contribution in [0.5, 0.6) is 28.7 Å². The van der Waals surface area contributed by atoms with Crippen LogP contribution in [0.3, 0.4) is 0 Å². The summed E-state index contributed by atoms with van der Waals surface area (Å²) >= 11 is 0. The molecule has 0 amide bonds. The summed E-state index contributed by atoms with van der Waals surface area (Å²) in [5.41, 5.74) is 2.32. The number of hydrogen-bond acceptors (Lipinski definition) is 5. The summed E-state index contributed by atoms with van der Waals surface area (Å²) in [7, 11) is 0. The molecule has 6 fully saturated rings. The Morgan fingerprint density at radius 2 is 0.600 bits per heavy atom. The molecule has 0 aliphatic heterocycles. The van der Waals surface area contributed by atoms with E-state index in [1.165, 1.54) is 184 Å². The van der Waals surface area contributed by atoms with Crippen molar-refractivity contribution in [1.29, 1.82) is 0 Å². The lowest BCUT2D eigenvalue weighted by Crippen LogP contribution is -2.27. The van der Waals surface area contributed by atoms with E-state index in [-0.39, 0.29) is 28.7 Å². The molecule has 0 atom stereocenters. The minimum absolute atomic E-state index is 0.00248. The van der Waals surface area contributed by atoms with Crippen LogP contribution >= 0.6 is 0 Å². The van der Waals surface area contributed by atoms with Crippen LogP contribution in [0.2, 0.25) is 0 Å². The van der Waals surface area contributed by atoms with Crippen molar-refractivity contribution in [3.05, 3.63) is 101 Å². The molecule has 0 heterocycles. The highest BCUT2D eigenvalue weighted by Crippen LogP contribution is 2.45. The Morgan fingerprint density at radius 1 is 0.295 bits per heavy atom. The fourth-order valence-electron chi connectivity index (χ4n) is 17.2. The van der Waals surface area contributed by atoms with Crippen molar-refractivity contribution in [3.63, 3.8) is 0 Å². The molecule has 4 aromatic rings. The third-order valence-electron chi connectivity index (χ3n) is 23.1. The zero-order valence-corrected chi connectivity index (χ0v) is 60.3. The summed E-state index contributed by atoms with van der Waals surface area (Å²) in [5.74, 6) is 4.64. The van der Waals surface area contributed by atoms with Gasteiger partial charge < -0.3 is 23.7 Å². The lowest BCUT2D eigenvalue weighted by Gasteiger charge is -2.37. The second kappa shape index (κ2) is 42.4. The van der Waals surface area contributed by atoms with Crippen molar-refractivity contribution in [2.45, 2.75) is 286 Å². The van der Waals surface area contributed by atoms with Crippen molar-refractivity contribution < 1.29 is 50.0 Å². The number of rotatable bonds is 27. The van der Waals surface area contributed by atoms with E-state index in [0.717, 1.165) is 91.8 Å². The van der Waals surface area contributed by atoms with Gasteiger partial charge in [0.25, 0.3) is 0 Å². The standard InChI is InChI=1S/C25H32F2O.C24H36F2O2.C18H26F2O2.C17H32/c1-3-5-17-28-23-16-15-22(24(26)25(23)27)21-13-11-20(12-14-21)19-9-7-18(6-4-2)8-10-19;1-3-5-17-6-10-19(11-7-17)20-12-8-18(9-13-20)16-28-22-15-14-21(27-4-2)23(25)24(22)26;1-3-5-13-6-8-14(9-7-13)12-22-16-11-10-15(21-4-2)17(19)18(16)20;1-3-5-15-8-12-17(13-9-15)16-10-6-14(4-2)7-11-16/h11-16,18-19H,3-10,17H2,1-2H3;14-15,17-20H,3-13,16H2,1-2H3;10-11,13-14H,3-9,12H2,1-2H3;14-17H,3-13H2,1-2H3. The van der Waals surface area contributed by atoms with Gasteiger partial charge in [-0.3, -0.25) is 0 Å². The van der Waals surface area contributed by atoms with Gasteiger partial charge in [0.1, 0.15) is 0 Å². The second-order valence-electron chi connectivity index (χ2n) is 29.7. The number of benzene rings is 4. The third kappa shape index (κ3) is 24.4. The van der Waals surface area contributed by atoms with Gasteiger partial charge in [0, 0.05) is 5.56 Å². The number of ether oxygens (including phenoxy) is 5. The van der Waals surface area contributed by atoms with E-state index in [0.29, 0.717) is 61.9 Å². The monoisotopic (exact) mass is 1330 g/mol. The lowest BCUT2D eigenvalue weighted by atomic mass is 9.68. The first-order chi connectivity index (χ1) is 46.2. The van der Waals surface area contributed by atoms with Crippen LogP contribution in [0.25, 0.3) is 11.1 Å². The molecule has 95 heavy (non-hydrogen) atoms. The van der Waals surface area contributed by atoms with E-state index >= 15 is 0 Å². The Labute approximate surface area is 572 Å². The summed E-state index contributed by atoms with van der Waals surface area (Å²) in [5, 5.41) is 0. The maximum atomic E-state index is 14.6. The van der Waals surface area contributed by atoms with Gasteiger partial charge in [0.05, 0.1) is 33.0 Å². The van der Waals surface area contributed by atoms with E-state index in [2.05, 4.69) is 46.8 Å². The van der Waals surface area contributed by atoms with Crippen LogP contribution in [-0.2, 0) is 0 Å². The summed E-state index contributed by atoms with van der Waals surface area (Å²) < 4.78 is 111. The highest BCUT2D eigenvalue weighted by atomic mass is 19.2. The minimum Gasteiger partial charge on any atom is -0.491 e. The van der Waals surface area contributed by atoms with Crippen molar-refractivity contribution in [1.82, 2.24) is 0 Å². The summed E-state index contributed by atoms with van der Waals surface area (Å²) in [6.45, 7) is 19.0. The zero-order valence-electron chi connectivity index (χ0n) is 60.3. The maximum Gasteiger partial charge on any atom is 0.204 e. The van der Waals surface area contributed by atoms with Gasteiger partial charge in [-0.1, -0.05) is 181 Å². The van der Waals surface area contributed by atoms with Gasteiger partial charge in [0.15, 0.2) is 34.6 Å². The molecule has 0 radical (unpaired) electrons. The van der Waals surface area contributed by atoms with Crippen molar-refractivity contribution in [2.75, 3.05) is 33.0 Å². The average molecular weight is 1330 g/mol. The van der Waals surface area contributed by atoms with E-state index in [1.807, 2.05) is 19.1 Å². The molecule has 0 saturated heterocycles. The van der Waals surface area contributed by atoms with Crippen LogP contribution in [-0.4, -0.2) is 33.0 Å². The first-order valence-electron chi connectivity index (χ1n) is 38.9. The molecule has 534 valence electrons. The Balaban J connectivity index is 0.000000182. The molecule has 0 N–H and O–H groups in total. The van der Waals surface area contributed by atoms with Crippen molar-refractivity contribution in [3.8, 4) is 39.9 Å². The molecule has 0 unspecified atom stereocenters. The number of hydrogen-bond donors (Lipinski definition) is 0. The average Bonchev–Trinajstić information content (AvgIpc) is 0.854. The first kappa shape index (κ1) is 77.8. The Kier molecular flexibility index (Phi) is 34.7. The second-order valence-corrected chi connectivity index (χ2v) is 29.7. The third-order valence-corrected chi connectivity index (χ3v) is 23.1. The van der Waals surface area contributed by atoms with Gasteiger partial charge in [-0.05, 0) is 242 Å². The van der Waals surface area contributed by atoms with Crippen LogP contribution < -0.4 is 23.7 Å². The molecule has 6 aliphatic carbocycles. The van der Waals surface area contributed by atoms with Gasteiger partial charge in [-0.25, -0.2) is 4.39 Å². The topological polar surface area (TPSA) is 46.2 Å². The fraction of sp³-hybridized carbons (Fsp3) is 0.714. The predicted molar refractivity (Wildman–Crippen MR) is 380 cm³/mol. The summed E-state index contributed by atoms with van der Waals surface area (Å²) in [6, 6.07) is 17.0. The minimum atomic E-state index is -0.967. The smallest absolute Gasteiger partial charge is 0.204 e. The van der Waals surface area contributed by atoms with Crippen LogP contribution in [0.4, 0.5) is 26.3 Å². The molecule has 4 aromatic carbocycles. The van der Waals surface area contributed by atoms with Crippen LogP contribution in [0.15, 0.2) is 60.7 Å². The van der Waals surface area contributed by atoms with Gasteiger partial charge in [-0.15, -0.1) is 0 Å².